The van der Waals surface area contributed by atoms with E-state index in [1.807, 2.05) is 13.0 Å². The van der Waals surface area contributed by atoms with Crippen molar-refractivity contribution < 1.29 is 4.74 Å². The van der Waals surface area contributed by atoms with Crippen molar-refractivity contribution >= 4 is 0 Å². The molecule has 2 heteroatoms. The van der Waals surface area contributed by atoms with Crippen LogP contribution in [0.3, 0.4) is 0 Å². The van der Waals surface area contributed by atoms with E-state index in [4.69, 9.17) is 4.74 Å². The summed E-state index contributed by atoms with van der Waals surface area (Å²) in [6, 6.07) is 0. The molecule has 0 aliphatic carbocycles. The Morgan fingerprint density at radius 2 is 2.42 bits per heavy atom. The summed E-state index contributed by atoms with van der Waals surface area (Å²) >= 11 is 0. The number of rotatable bonds is 4. The summed E-state index contributed by atoms with van der Waals surface area (Å²) in [7, 11) is 0. The fourth-order valence-corrected chi connectivity index (χ4v) is 1.31. The molecule has 0 amide bonds. The van der Waals surface area contributed by atoms with Crippen molar-refractivity contribution in [2.24, 2.45) is 0 Å². The van der Waals surface area contributed by atoms with Crippen molar-refractivity contribution in [1.29, 1.82) is 0 Å². The molecule has 1 rings (SSSR count). The van der Waals surface area contributed by atoms with Crippen LogP contribution in [0.1, 0.15) is 33.1 Å². The van der Waals surface area contributed by atoms with E-state index < -0.39 is 0 Å². The fourth-order valence-electron chi connectivity index (χ4n) is 1.31. The molecule has 0 spiro atoms. The van der Waals surface area contributed by atoms with Crippen LogP contribution in [0.4, 0.5) is 0 Å². The zero-order valence-corrected chi connectivity index (χ0v) is 7.89. The molecule has 1 aliphatic rings. The van der Waals surface area contributed by atoms with Gasteiger partial charge in [0.1, 0.15) is 5.76 Å². The van der Waals surface area contributed by atoms with Crippen LogP contribution in [0.15, 0.2) is 24.1 Å². The number of unbranched alkanes of at least 4 members (excludes halogenated alkanes) is 1. The first-order chi connectivity index (χ1) is 5.77. The van der Waals surface area contributed by atoms with Crippen LogP contribution in [0.25, 0.3) is 0 Å². The molecular formula is C10H17NO. The van der Waals surface area contributed by atoms with Crippen molar-refractivity contribution in [1.82, 2.24) is 5.32 Å². The number of ether oxygens (including phenoxy) is 1. The topological polar surface area (TPSA) is 21.3 Å². The van der Waals surface area contributed by atoms with Gasteiger partial charge in [0, 0.05) is 6.42 Å². The van der Waals surface area contributed by atoms with Crippen LogP contribution >= 0.6 is 0 Å². The Morgan fingerprint density at radius 3 is 3.00 bits per heavy atom. The average Bonchev–Trinajstić information content (AvgIpc) is 2.42. The lowest BCUT2D eigenvalue weighted by Crippen LogP contribution is -2.18. The van der Waals surface area contributed by atoms with Crippen molar-refractivity contribution in [3.63, 3.8) is 0 Å². The lowest BCUT2D eigenvalue weighted by Gasteiger charge is -2.05. The van der Waals surface area contributed by atoms with Crippen LogP contribution in [-0.4, -0.2) is 6.23 Å². The SMILES string of the molecule is C=CC1=C(CCCC)OC(C)N1. The summed E-state index contributed by atoms with van der Waals surface area (Å²) in [5.74, 6) is 1.07. The molecule has 0 saturated carbocycles. The molecular weight excluding hydrogens is 150 g/mol. The second kappa shape index (κ2) is 4.19. The van der Waals surface area contributed by atoms with E-state index in [1.165, 1.54) is 12.8 Å². The van der Waals surface area contributed by atoms with Gasteiger partial charge in [0.2, 0.25) is 0 Å². The van der Waals surface area contributed by atoms with E-state index in [2.05, 4.69) is 18.8 Å². The molecule has 1 unspecified atom stereocenters. The average molecular weight is 167 g/mol. The molecule has 0 fully saturated rings. The van der Waals surface area contributed by atoms with Gasteiger partial charge in [-0.2, -0.15) is 0 Å². The van der Waals surface area contributed by atoms with Gasteiger partial charge in [-0.1, -0.05) is 19.9 Å². The Labute approximate surface area is 74.3 Å². The van der Waals surface area contributed by atoms with Crippen LogP contribution in [0.5, 0.6) is 0 Å². The maximum absolute atomic E-state index is 5.56. The first-order valence-electron chi connectivity index (χ1n) is 4.56. The van der Waals surface area contributed by atoms with Crippen LogP contribution < -0.4 is 5.32 Å². The molecule has 1 N–H and O–H groups in total. The van der Waals surface area contributed by atoms with Gasteiger partial charge < -0.3 is 10.1 Å². The van der Waals surface area contributed by atoms with Crippen molar-refractivity contribution in [3.8, 4) is 0 Å². The highest BCUT2D eigenvalue weighted by molar-refractivity contribution is 5.22. The molecule has 2 nitrogen and oxygen atoms in total. The van der Waals surface area contributed by atoms with Gasteiger partial charge in [-0.3, -0.25) is 0 Å². The van der Waals surface area contributed by atoms with E-state index in [1.54, 1.807) is 0 Å². The molecule has 0 bridgehead atoms. The first-order valence-corrected chi connectivity index (χ1v) is 4.56. The summed E-state index contributed by atoms with van der Waals surface area (Å²) in [4.78, 5) is 0. The molecule has 12 heavy (non-hydrogen) atoms. The monoisotopic (exact) mass is 167 g/mol. The van der Waals surface area contributed by atoms with Crippen LogP contribution in [0, 0.1) is 0 Å². The Kier molecular flexibility index (Phi) is 3.20. The summed E-state index contributed by atoms with van der Waals surface area (Å²) in [5, 5.41) is 3.20. The maximum Gasteiger partial charge on any atom is 0.166 e. The summed E-state index contributed by atoms with van der Waals surface area (Å²) in [6.07, 6.45) is 5.35. The summed E-state index contributed by atoms with van der Waals surface area (Å²) < 4.78 is 5.56. The van der Waals surface area contributed by atoms with Gasteiger partial charge in [-0.25, -0.2) is 0 Å². The van der Waals surface area contributed by atoms with Crippen LogP contribution in [0.2, 0.25) is 0 Å². The molecule has 1 aliphatic heterocycles. The van der Waals surface area contributed by atoms with Gasteiger partial charge in [0.05, 0.1) is 5.70 Å². The third kappa shape index (κ3) is 2.03. The second-order valence-electron chi connectivity index (χ2n) is 3.05. The molecule has 1 heterocycles. The second-order valence-corrected chi connectivity index (χ2v) is 3.05. The smallest absolute Gasteiger partial charge is 0.166 e. The van der Waals surface area contributed by atoms with Gasteiger partial charge >= 0.3 is 0 Å². The molecule has 1 atom stereocenters. The third-order valence-corrected chi connectivity index (χ3v) is 1.94. The Balaban J connectivity index is 2.52. The van der Waals surface area contributed by atoms with Gasteiger partial charge in [0.15, 0.2) is 6.23 Å². The van der Waals surface area contributed by atoms with E-state index in [9.17, 15) is 0 Å². The highest BCUT2D eigenvalue weighted by Gasteiger charge is 2.17. The fraction of sp³-hybridized carbons (Fsp3) is 0.600. The Morgan fingerprint density at radius 1 is 1.67 bits per heavy atom. The number of allylic oxidation sites excluding steroid dienone is 2. The predicted octanol–water partition coefficient (Wildman–Crippen LogP) is 2.54. The van der Waals surface area contributed by atoms with E-state index >= 15 is 0 Å². The lowest BCUT2D eigenvalue weighted by atomic mass is 10.2. The number of hydrogen-bond donors (Lipinski definition) is 1. The zero-order chi connectivity index (χ0) is 8.97. The largest absolute Gasteiger partial charge is 0.473 e. The minimum Gasteiger partial charge on any atom is -0.473 e. The Bertz CT molecular complexity index is 196. The van der Waals surface area contributed by atoms with Crippen molar-refractivity contribution in [3.05, 3.63) is 24.1 Å². The first kappa shape index (κ1) is 9.17. The summed E-state index contributed by atoms with van der Waals surface area (Å²) in [6.45, 7) is 7.92. The highest BCUT2D eigenvalue weighted by Crippen LogP contribution is 2.20. The lowest BCUT2D eigenvalue weighted by molar-refractivity contribution is 0.137. The van der Waals surface area contributed by atoms with Crippen molar-refractivity contribution in [2.45, 2.75) is 39.3 Å². The number of nitrogens with one attached hydrogen (secondary N) is 1. The van der Waals surface area contributed by atoms with Gasteiger partial charge in [0.25, 0.3) is 0 Å². The summed E-state index contributed by atoms with van der Waals surface area (Å²) in [5.41, 5.74) is 1.07. The van der Waals surface area contributed by atoms with Gasteiger partial charge in [-0.15, -0.1) is 0 Å². The molecule has 68 valence electrons. The van der Waals surface area contributed by atoms with E-state index in [0.29, 0.717) is 0 Å². The molecule has 0 aromatic carbocycles. The normalized spacial score (nSPS) is 22.0. The minimum atomic E-state index is 0.116. The van der Waals surface area contributed by atoms with E-state index in [0.717, 1.165) is 17.9 Å². The third-order valence-electron chi connectivity index (χ3n) is 1.94. The maximum atomic E-state index is 5.56. The van der Waals surface area contributed by atoms with E-state index in [-0.39, 0.29) is 6.23 Å². The number of hydrogen-bond acceptors (Lipinski definition) is 2. The zero-order valence-electron chi connectivity index (χ0n) is 7.89. The van der Waals surface area contributed by atoms with Crippen LogP contribution in [-0.2, 0) is 4.74 Å². The molecule has 0 saturated heterocycles. The standard InChI is InChI=1S/C10H17NO/c1-4-6-7-10-9(5-2)11-8(3)12-10/h5,8,11H,2,4,6-7H2,1,3H3. The van der Waals surface area contributed by atoms with Gasteiger partial charge in [-0.05, 0) is 19.4 Å². The quantitative estimate of drug-likeness (QED) is 0.694. The van der Waals surface area contributed by atoms with Crippen molar-refractivity contribution in [2.75, 3.05) is 0 Å². The molecule has 0 aromatic heterocycles. The molecule has 0 radical (unpaired) electrons. The predicted molar refractivity (Wildman–Crippen MR) is 50.4 cm³/mol. The Hall–Kier alpha value is -0.920. The highest BCUT2D eigenvalue weighted by atomic mass is 16.5. The molecule has 0 aromatic rings. The minimum absolute atomic E-state index is 0.116.